The Balaban J connectivity index is 1.30. The van der Waals surface area contributed by atoms with Gasteiger partial charge in [0.05, 0.1) is 30.9 Å². The lowest BCUT2D eigenvalue weighted by atomic mass is 9.83. The third-order valence-corrected chi connectivity index (χ3v) is 10.9. The van der Waals surface area contributed by atoms with Crippen molar-refractivity contribution in [2.75, 3.05) is 24.4 Å². The number of halogens is 1. The van der Waals surface area contributed by atoms with E-state index in [1.807, 2.05) is 36.4 Å². The minimum absolute atomic E-state index is 0.257. The molecule has 12 heteroatoms. The average molecular weight is 656 g/mol. The van der Waals surface area contributed by atoms with Gasteiger partial charge in [0.1, 0.15) is 17.6 Å². The van der Waals surface area contributed by atoms with Crippen LogP contribution >= 0.6 is 23.1 Å². The normalized spacial score (nSPS) is 18.8. The molecule has 3 atom stereocenters. The lowest BCUT2D eigenvalue weighted by Crippen LogP contribution is -2.33. The Bertz CT molecular complexity index is 2090. The summed E-state index contributed by atoms with van der Waals surface area (Å²) in [6.45, 7) is -0.291. The number of rotatable bonds is 7. The first-order chi connectivity index (χ1) is 22.3. The van der Waals surface area contributed by atoms with Gasteiger partial charge in [0, 0.05) is 21.9 Å². The van der Waals surface area contributed by atoms with Crippen LogP contribution in [0.5, 0.6) is 11.5 Å². The number of thiazole rings is 1. The first-order valence-corrected chi connectivity index (χ1v) is 16.0. The summed E-state index contributed by atoms with van der Waals surface area (Å²) in [5, 5.41) is 4.30. The summed E-state index contributed by atoms with van der Waals surface area (Å²) >= 11 is 2.05. The highest BCUT2D eigenvalue weighted by Gasteiger charge is 2.57. The maximum Gasteiger partial charge on any atom is 0.308 e. The fraction of sp³-hybridized carbons (Fsp3) is 0.176. The highest BCUT2D eigenvalue weighted by molar-refractivity contribution is 8.00. The number of fused-ring (bicyclic) bond motifs is 3. The highest BCUT2D eigenvalue weighted by atomic mass is 32.2. The van der Waals surface area contributed by atoms with Gasteiger partial charge in [0.2, 0.25) is 17.7 Å². The number of carbonyl (C=O) groups is 3. The van der Waals surface area contributed by atoms with E-state index in [9.17, 15) is 23.6 Å². The lowest BCUT2D eigenvalue weighted by Gasteiger charge is -2.31. The van der Waals surface area contributed by atoms with E-state index in [1.54, 1.807) is 24.3 Å². The summed E-state index contributed by atoms with van der Waals surface area (Å²) in [5.74, 6) is -2.52. The van der Waals surface area contributed by atoms with Gasteiger partial charge in [0.25, 0.3) is 0 Å². The Kier molecular flexibility index (Phi) is 7.61. The highest BCUT2D eigenvalue weighted by Crippen LogP contribution is 2.54. The van der Waals surface area contributed by atoms with E-state index in [0.29, 0.717) is 32.7 Å². The molecule has 232 valence electrons. The Hall–Kier alpha value is -4.94. The molecule has 1 aromatic heterocycles. The quantitative estimate of drug-likeness (QED) is 0.226. The van der Waals surface area contributed by atoms with Crippen molar-refractivity contribution in [2.24, 2.45) is 5.92 Å². The second kappa shape index (κ2) is 11.8. The van der Waals surface area contributed by atoms with Crippen LogP contribution in [-0.4, -0.2) is 41.8 Å². The molecule has 2 aliphatic rings. The number of anilines is 2. The Morgan fingerprint density at radius 2 is 1.63 bits per heavy atom. The van der Waals surface area contributed by atoms with E-state index in [2.05, 4.69) is 5.32 Å². The van der Waals surface area contributed by atoms with Crippen LogP contribution < -0.4 is 24.6 Å². The summed E-state index contributed by atoms with van der Waals surface area (Å²) in [7, 11) is 3.01. The summed E-state index contributed by atoms with van der Waals surface area (Å²) in [6, 6.07) is 23.6. The molecule has 0 radical (unpaired) electrons. The first-order valence-electron chi connectivity index (χ1n) is 14.3. The second-order valence-corrected chi connectivity index (χ2v) is 13.0. The Morgan fingerprint density at radius 3 is 2.39 bits per heavy atom. The molecule has 0 saturated carbocycles. The Morgan fingerprint density at radius 1 is 0.891 bits per heavy atom. The van der Waals surface area contributed by atoms with E-state index in [0.717, 1.165) is 38.8 Å². The molecule has 0 aliphatic carbocycles. The van der Waals surface area contributed by atoms with Crippen LogP contribution in [0, 0.1) is 11.7 Å². The molecular formula is C34H26FN3O6S2. The van der Waals surface area contributed by atoms with E-state index < -0.39 is 40.6 Å². The molecule has 46 heavy (non-hydrogen) atoms. The predicted octanol–water partition coefficient (Wildman–Crippen LogP) is 5.65. The number of nitrogens with zero attached hydrogens (tertiary/aromatic N) is 2. The number of hydrogen-bond donors (Lipinski definition) is 1. The SMILES string of the molecule is COc1ccc([C@@H]2c3sc(=O)n(CC(=O)Nc4cccc5ccccc45)c3S[C@H]3C(=O)N(c4ccc(F)cc4)C(=O)[C@@H]23)cc1OC. The first kappa shape index (κ1) is 29.8. The van der Waals surface area contributed by atoms with Gasteiger partial charge < -0.3 is 14.8 Å². The molecule has 3 amide bonds. The van der Waals surface area contributed by atoms with Crippen molar-refractivity contribution in [1.29, 1.82) is 0 Å². The summed E-state index contributed by atoms with van der Waals surface area (Å²) in [6.07, 6.45) is 0. The van der Waals surface area contributed by atoms with Crippen molar-refractivity contribution in [3.05, 3.63) is 111 Å². The topological polar surface area (TPSA) is 107 Å². The van der Waals surface area contributed by atoms with Crippen LogP contribution in [0.1, 0.15) is 16.4 Å². The Labute approximate surface area is 270 Å². The number of thioether (sulfide) groups is 1. The van der Waals surface area contributed by atoms with Crippen LogP contribution in [0.25, 0.3) is 10.8 Å². The zero-order valence-corrected chi connectivity index (χ0v) is 26.2. The number of carbonyl (C=O) groups excluding carboxylic acids is 3. The minimum atomic E-state index is -0.899. The van der Waals surface area contributed by atoms with Gasteiger partial charge >= 0.3 is 4.87 Å². The molecule has 9 nitrogen and oxygen atoms in total. The number of benzene rings is 4. The fourth-order valence-corrected chi connectivity index (χ4v) is 8.95. The van der Waals surface area contributed by atoms with Gasteiger partial charge in [-0.1, -0.05) is 65.6 Å². The predicted molar refractivity (Wildman–Crippen MR) is 175 cm³/mol. The third kappa shape index (κ3) is 4.94. The van der Waals surface area contributed by atoms with Crippen LogP contribution in [0.15, 0.2) is 94.7 Å². The smallest absolute Gasteiger partial charge is 0.308 e. The lowest BCUT2D eigenvalue weighted by molar-refractivity contribution is -0.122. The number of nitrogens with one attached hydrogen (secondary N) is 1. The number of aromatic nitrogens is 1. The van der Waals surface area contributed by atoms with Gasteiger partial charge in [-0.25, -0.2) is 9.29 Å². The molecule has 0 bridgehead atoms. The molecule has 2 aliphatic heterocycles. The van der Waals surface area contributed by atoms with Crippen molar-refractivity contribution in [3.8, 4) is 11.5 Å². The van der Waals surface area contributed by atoms with Crippen LogP contribution in [0.2, 0.25) is 0 Å². The van der Waals surface area contributed by atoms with Gasteiger partial charge in [0.15, 0.2) is 11.5 Å². The maximum absolute atomic E-state index is 14.1. The molecule has 4 aromatic carbocycles. The minimum Gasteiger partial charge on any atom is -0.493 e. The van der Waals surface area contributed by atoms with Gasteiger partial charge in [-0.3, -0.25) is 23.7 Å². The second-order valence-electron chi connectivity index (χ2n) is 10.8. The van der Waals surface area contributed by atoms with Gasteiger partial charge in [-0.2, -0.15) is 0 Å². The fourth-order valence-electron chi connectivity index (χ4n) is 6.17. The van der Waals surface area contributed by atoms with E-state index in [-0.39, 0.29) is 17.1 Å². The summed E-state index contributed by atoms with van der Waals surface area (Å²) in [5.41, 5.74) is 1.51. The number of ether oxygens (including phenoxy) is 2. The zero-order valence-electron chi connectivity index (χ0n) is 24.6. The summed E-state index contributed by atoms with van der Waals surface area (Å²) < 4.78 is 26.1. The van der Waals surface area contributed by atoms with E-state index in [4.69, 9.17) is 9.47 Å². The maximum atomic E-state index is 14.1. The molecule has 0 spiro atoms. The van der Waals surface area contributed by atoms with Crippen LogP contribution in [-0.2, 0) is 20.9 Å². The van der Waals surface area contributed by atoms with Crippen molar-refractivity contribution in [3.63, 3.8) is 0 Å². The van der Waals surface area contributed by atoms with Crippen LogP contribution in [0.3, 0.4) is 0 Å². The molecule has 1 N–H and O–H groups in total. The van der Waals surface area contributed by atoms with Gasteiger partial charge in [-0.05, 0) is 53.4 Å². The number of amides is 3. The molecule has 1 fully saturated rings. The van der Waals surface area contributed by atoms with Crippen LogP contribution in [0.4, 0.5) is 15.8 Å². The average Bonchev–Trinajstić information content (AvgIpc) is 3.51. The third-order valence-electron chi connectivity index (χ3n) is 8.27. The van der Waals surface area contributed by atoms with E-state index in [1.165, 1.54) is 43.1 Å². The van der Waals surface area contributed by atoms with Crippen molar-refractivity contribution in [2.45, 2.75) is 22.7 Å². The molecule has 1 saturated heterocycles. The largest absolute Gasteiger partial charge is 0.493 e. The number of hydrogen-bond acceptors (Lipinski definition) is 8. The number of methoxy groups -OCH3 is 2. The van der Waals surface area contributed by atoms with Crippen molar-refractivity contribution in [1.82, 2.24) is 4.57 Å². The van der Waals surface area contributed by atoms with Crippen molar-refractivity contribution < 1.29 is 28.2 Å². The molecular weight excluding hydrogens is 630 g/mol. The van der Waals surface area contributed by atoms with E-state index >= 15 is 0 Å². The molecule has 3 heterocycles. The zero-order chi connectivity index (χ0) is 32.1. The van der Waals surface area contributed by atoms with Gasteiger partial charge in [-0.15, -0.1) is 0 Å². The van der Waals surface area contributed by atoms with Crippen molar-refractivity contribution >= 4 is 63.0 Å². The molecule has 7 rings (SSSR count). The summed E-state index contributed by atoms with van der Waals surface area (Å²) in [4.78, 5) is 56.2. The monoisotopic (exact) mass is 655 g/mol. The standard InChI is InChI=1S/C34H26FN3O6S2/c1-43-24-15-10-19(16-25(24)44-2)27-28-29(32(41)38(31(28)40)21-13-11-20(35)12-14-21)45-33-30(27)46-34(42)37(33)17-26(39)36-23-9-5-7-18-6-3-4-8-22(18)23/h3-16,27-29H,17H2,1-2H3,(H,36,39)/t27-,28-,29+/m0/s1. The molecule has 0 unspecified atom stereocenters. The number of imide groups is 1. The molecule has 5 aromatic rings.